The minimum Gasteiger partial charge on any atom is -0.444 e. The number of aliphatic hydroxyl groups excluding tert-OH is 2. The highest BCUT2D eigenvalue weighted by molar-refractivity contribution is 5.93. The van der Waals surface area contributed by atoms with Gasteiger partial charge in [0, 0.05) is 28.2 Å². The van der Waals surface area contributed by atoms with Crippen LogP contribution < -0.4 is 31.9 Å². The Kier molecular flexibility index (Phi) is 24.0. The van der Waals surface area contributed by atoms with Gasteiger partial charge in [-0.3, -0.25) is 33.6 Å². The van der Waals surface area contributed by atoms with E-state index in [-0.39, 0.29) is 24.2 Å². The van der Waals surface area contributed by atoms with Gasteiger partial charge >= 0.3 is 18.2 Å². The fraction of sp³-hybridized carbons (Fsp3) is 0.556. The van der Waals surface area contributed by atoms with Crippen LogP contribution in [-0.4, -0.2) is 145 Å². The summed E-state index contributed by atoms with van der Waals surface area (Å²) in [7, 11) is 6.17. The second kappa shape index (κ2) is 27.4. The van der Waals surface area contributed by atoms with Gasteiger partial charge in [-0.05, 0) is 56.6 Å². The molecule has 8 N–H and O–H groups in total. The van der Waals surface area contributed by atoms with Crippen LogP contribution in [-0.2, 0) is 38.3 Å². The molecule has 0 aliphatic rings. The van der Waals surface area contributed by atoms with Crippen molar-refractivity contribution in [2.45, 2.75) is 109 Å². The van der Waals surface area contributed by atoms with Gasteiger partial charge in [0.2, 0.25) is 23.6 Å². The molecule has 19 nitrogen and oxygen atoms in total. The third-order valence-corrected chi connectivity index (χ3v) is 9.12. The van der Waals surface area contributed by atoms with E-state index in [2.05, 4.69) is 26.6 Å². The topological polar surface area (TPSA) is 265 Å². The zero-order valence-electron chi connectivity index (χ0n) is 39.8. The van der Waals surface area contributed by atoms with Crippen LogP contribution in [0.15, 0.2) is 60.7 Å². The molecule has 2 aromatic rings. The van der Waals surface area contributed by atoms with Gasteiger partial charge in [0.05, 0.1) is 25.2 Å². The predicted octanol–water partition coefficient (Wildman–Crippen LogP) is 1.85. The number of carbonyl (C=O) groups excluding carboxylic acids is 8. The summed E-state index contributed by atoms with van der Waals surface area (Å²) in [4.78, 5) is 101. The maximum Gasteiger partial charge on any atom is 0.471 e. The second-order valence-corrected chi connectivity index (χ2v) is 17.7. The fourth-order valence-corrected chi connectivity index (χ4v) is 5.97. The van der Waals surface area contributed by atoms with Crippen molar-refractivity contribution >= 4 is 47.4 Å². The molecule has 374 valence electrons. The molecule has 0 heterocycles. The number of likely N-dealkylation sites (N-methyl/N-ethyl adjacent to an activating group) is 2. The number of amides is 8. The number of alkyl halides is 3. The van der Waals surface area contributed by atoms with E-state index in [1.807, 2.05) is 13.8 Å². The molecule has 2 aromatic carbocycles. The van der Waals surface area contributed by atoms with Gasteiger partial charge in [0.25, 0.3) is 11.8 Å². The molecule has 0 saturated heterocycles. The first kappa shape index (κ1) is 58.7. The monoisotopic (exact) mass is 952 g/mol. The van der Waals surface area contributed by atoms with Gasteiger partial charge in [0.15, 0.2) is 12.2 Å². The maximum atomic E-state index is 12.6. The fourth-order valence-electron chi connectivity index (χ4n) is 5.97. The lowest BCUT2D eigenvalue weighted by Crippen LogP contribution is -2.54. The Hall–Kier alpha value is -6.29. The number of halogens is 3. The zero-order chi connectivity index (χ0) is 51.4. The number of rotatable bonds is 20. The van der Waals surface area contributed by atoms with E-state index >= 15 is 0 Å². The molecule has 0 aromatic heterocycles. The molecule has 8 amide bonds. The first-order chi connectivity index (χ1) is 30.9. The zero-order valence-corrected chi connectivity index (χ0v) is 39.8. The first-order valence-electron chi connectivity index (χ1n) is 21.3. The summed E-state index contributed by atoms with van der Waals surface area (Å²) >= 11 is 0. The highest BCUT2D eigenvalue weighted by Gasteiger charge is 2.42. The van der Waals surface area contributed by atoms with Crippen LogP contribution in [0, 0.1) is 11.8 Å². The van der Waals surface area contributed by atoms with Crippen molar-refractivity contribution in [2.24, 2.45) is 11.8 Å². The summed E-state index contributed by atoms with van der Waals surface area (Å²) in [6.45, 7) is 11.0. The summed E-state index contributed by atoms with van der Waals surface area (Å²) < 4.78 is 42.9. The molecule has 0 aliphatic carbocycles. The largest absolute Gasteiger partial charge is 0.471 e. The van der Waals surface area contributed by atoms with Crippen LogP contribution >= 0.6 is 0 Å². The number of aliphatic hydroxyl groups is 2. The first-order valence-corrected chi connectivity index (χ1v) is 21.3. The Balaban J connectivity index is 0.000000670. The molecule has 6 atom stereocenters. The molecule has 0 radical (unpaired) electrons. The van der Waals surface area contributed by atoms with Crippen molar-refractivity contribution in [1.29, 1.82) is 0 Å². The van der Waals surface area contributed by atoms with E-state index in [4.69, 9.17) is 4.74 Å². The van der Waals surface area contributed by atoms with E-state index < -0.39 is 103 Å². The average molecular weight is 953 g/mol. The third kappa shape index (κ3) is 22.2. The lowest BCUT2D eigenvalue weighted by Gasteiger charge is -2.27. The molecule has 0 spiro atoms. The normalized spacial score (nSPS) is 14.0. The van der Waals surface area contributed by atoms with Gasteiger partial charge in [-0.25, -0.2) is 4.79 Å². The Bertz CT molecular complexity index is 1950. The number of alkyl carbamates (subject to hydrolysis) is 1. The predicted molar refractivity (Wildman–Crippen MR) is 240 cm³/mol. The molecule has 4 unspecified atom stereocenters. The Morgan fingerprint density at radius 1 is 0.582 bits per heavy atom. The molecule has 22 heteroatoms. The molecule has 0 bridgehead atoms. The standard InChI is InChI=1S/C24H38N4O6.C21H29F3N4O5/c1-15(2)13-17(26-23(33)34-24(3,4)5)20(30)21(31)25-14-18(29)27-19(22(32)28(6)7)16-11-9-8-10-12-16;1-12(2)10-14(26-20(33)21(22,23)24)17(30)18(31)25-11-15(29)27-16(19(32)28(3)4)13-8-6-5-7-9-13/h8-12,15,17,19-20,30H,13-14H2,1-7H3,(H,25,31)(H,26,33)(H,27,29);5-9,12,14,16-17,30H,10-11H2,1-4H3,(H,25,31)(H,26,33)(H,27,29)/t17?,19-,20?;14?,16-,17?/m00/s1. The molecular weight excluding hydrogens is 886 g/mol. The lowest BCUT2D eigenvalue weighted by molar-refractivity contribution is -0.175. The highest BCUT2D eigenvalue weighted by Crippen LogP contribution is 2.19. The summed E-state index contributed by atoms with van der Waals surface area (Å²) in [5.41, 5.74) is 0.360. The number of hydrogen-bond acceptors (Lipinski definition) is 11. The van der Waals surface area contributed by atoms with Crippen LogP contribution in [0.4, 0.5) is 18.0 Å². The van der Waals surface area contributed by atoms with Gasteiger partial charge in [-0.2, -0.15) is 13.2 Å². The van der Waals surface area contributed by atoms with E-state index in [1.165, 1.54) is 23.9 Å². The SMILES string of the molecule is CC(C)CC(NC(=O)C(F)(F)F)C(O)C(=O)NCC(=O)N[C@H](C(=O)N(C)C)c1ccccc1.CC(C)CC(NC(=O)OC(C)(C)C)C(O)C(=O)NCC(=O)N[C@H](C(=O)N(C)C)c1ccccc1. The quantitative estimate of drug-likeness (QED) is 0.0950. The van der Waals surface area contributed by atoms with Crippen molar-refractivity contribution < 1.29 is 66.5 Å². The molecule has 0 aliphatic heterocycles. The molecule has 2 rings (SSSR count). The summed E-state index contributed by atoms with van der Waals surface area (Å²) in [5.74, 6) is -6.57. The summed E-state index contributed by atoms with van der Waals surface area (Å²) in [5, 5.41) is 34.4. The molecule has 0 saturated carbocycles. The summed E-state index contributed by atoms with van der Waals surface area (Å²) in [6, 6.07) is 12.7. The Morgan fingerprint density at radius 3 is 1.22 bits per heavy atom. The van der Waals surface area contributed by atoms with Crippen LogP contribution in [0.1, 0.15) is 84.5 Å². The number of hydrogen-bond donors (Lipinski definition) is 8. The van der Waals surface area contributed by atoms with Crippen molar-refractivity contribution in [3.63, 3.8) is 0 Å². The third-order valence-electron chi connectivity index (χ3n) is 9.12. The van der Waals surface area contributed by atoms with Crippen LogP contribution in [0.25, 0.3) is 0 Å². The summed E-state index contributed by atoms with van der Waals surface area (Å²) in [6.07, 6.45) is -9.37. The minimum atomic E-state index is -5.18. The molecular formula is C45H67F3N8O11. The van der Waals surface area contributed by atoms with E-state index in [0.717, 1.165) is 0 Å². The van der Waals surface area contributed by atoms with Gasteiger partial charge in [0.1, 0.15) is 17.7 Å². The number of benzene rings is 2. The smallest absolute Gasteiger partial charge is 0.444 e. The van der Waals surface area contributed by atoms with E-state index in [1.54, 1.807) is 115 Å². The Labute approximate surface area is 389 Å². The highest BCUT2D eigenvalue weighted by atomic mass is 19.4. The number of nitrogens with one attached hydrogen (secondary N) is 6. The second-order valence-electron chi connectivity index (χ2n) is 17.7. The number of ether oxygens (including phenoxy) is 1. The average Bonchev–Trinajstić information content (AvgIpc) is 3.23. The minimum absolute atomic E-state index is 0.0642. The lowest BCUT2D eigenvalue weighted by atomic mass is 9.98. The maximum absolute atomic E-state index is 12.6. The van der Waals surface area contributed by atoms with Crippen molar-refractivity contribution in [3.05, 3.63) is 71.8 Å². The van der Waals surface area contributed by atoms with Crippen LogP contribution in [0.5, 0.6) is 0 Å². The molecule has 0 fully saturated rings. The van der Waals surface area contributed by atoms with Crippen LogP contribution in [0.2, 0.25) is 0 Å². The van der Waals surface area contributed by atoms with Crippen molar-refractivity contribution in [3.8, 4) is 0 Å². The van der Waals surface area contributed by atoms with E-state index in [9.17, 15) is 61.7 Å². The number of nitrogens with zero attached hydrogens (tertiary/aromatic N) is 2. The van der Waals surface area contributed by atoms with Crippen molar-refractivity contribution in [2.75, 3.05) is 41.3 Å². The van der Waals surface area contributed by atoms with Gasteiger partial charge in [-0.1, -0.05) is 88.4 Å². The van der Waals surface area contributed by atoms with E-state index in [0.29, 0.717) is 17.5 Å². The van der Waals surface area contributed by atoms with Gasteiger partial charge in [-0.15, -0.1) is 0 Å². The molecule has 67 heavy (non-hydrogen) atoms. The van der Waals surface area contributed by atoms with Crippen LogP contribution in [0.3, 0.4) is 0 Å². The number of carbonyl (C=O) groups is 8. The van der Waals surface area contributed by atoms with Crippen molar-refractivity contribution in [1.82, 2.24) is 41.7 Å². The van der Waals surface area contributed by atoms with Gasteiger partial charge < -0.3 is 56.7 Å². The Morgan fingerprint density at radius 2 is 0.925 bits per heavy atom.